The standard InChI is InChI=1S/C10H13N2O/c1-8-6-4-5-7-9(8)11-10(13)12(2)3/h4-7H,1H2,2-3H3,(H,11,13). The Kier molecular flexibility index (Phi) is 2.90. The molecule has 0 aliphatic heterocycles. The number of carbonyl (C=O) groups excluding carboxylic acids is 1. The summed E-state index contributed by atoms with van der Waals surface area (Å²) in [5.74, 6) is 0. The molecule has 0 saturated carbocycles. The van der Waals surface area contributed by atoms with Gasteiger partial charge in [0.05, 0.1) is 0 Å². The molecule has 0 atom stereocenters. The number of nitrogens with zero attached hydrogens (tertiary/aromatic N) is 1. The first-order valence-electron chi connectivity index (χ1n) is 4.00. The number of amides is 2. The fourth-order valence-corrected chi connectivity index (χ4v) is 0.869. The van der Waals surface area contributed by atoms with E-state index in [1.165, 1.54) is 4.90 Å². The van der Waals surface area contributed by atoms with Gasteiger partial charge < -0.3 is 10.2 Å². The highest BCUT2D eigenvalue weighted by Gasteiger charge is 2.04. The number of carbonyl (C=O) groups is 1. The molecule has 0 aliphatic rings. The molecule has 1 aromatic carbocycles. The van der Waals surface area contributed by atoms with Crippen molar-refractivity contribution in [1.29, 1.82) is 0 Å². The lowest BCUT2D eigenvalue weighted by atomic mass is 10.2. The second-order valence-electron chi connectivity index (χ2n) is 2.98. The van der Waals surface area contributed by atoms with E-state index in [1.54, 1.807) is 14.1 Å². The second-order valence-corrected chi connectivity index (χ2v) is 2.98. The van der Waals surface area contributed by atoms with Crippen LogP contribution in [0.15, 0.2) is 24.3 Å². The van der Waals surface area contributed by atoms with Crippen molar-refractivity contribution in [1.82, 2.24) is 4.90 Å². The number of anilines is 1. The summed E-state index contributed by atoms with van der Waals surface area (Å²) in [5.41, 5.74) is 1.57. The van der Waals surface area contributed by atoms with Crippen LogP contribution >= 0.6 is 0 Å². The molecule has 0 unspecified atom stereocenters. The van der Waals surface area contributed by atoms with Crippen molar-refractivity contribution in [2.75, 3.05) is 19.4 Å². The van der Waals surface area contributed by atoms with Crippen LogP contribution in [0.25, 0.3) is 0 Å². The number of hydrogen-bond donors (Lipinski definition) is 1. The first-order valence-corrected chi connectivity index (χ1v) is 4.00. The van der Waals surface area contributed by atoms with E-state index in [2.05, 4.69) is 12.2 Å². The molecule has 0 spiro atoms. The van der Waals surface area contributed by atoms with Crippen LogP contribution in [0.5, 0.6) is 0 Å². The van der Waals surface area contributed by atoms with Gasteiger partial charge >= 0.3 is 6.03 Å². The van der Waals surface area contributed by atoms with Gasteiger partial charge in [-0.15, -0.1) is 0 Å². The molecule has 1 N–H and O–H groups in total. The van der Waals surface area contributed by atoms with Crippen LogP contribution in [0, 0.1) is 6.92 Å². The summed E-state index contributed by atoms with van der Waals surface area (Å²) in [5, 5.41) is 2.73. The van der Waals surface area contributed by atoms with Crippen LogP contribution in [0.4, 0.5) is 10.5 Å². The van der Waals surface area contributed by atoms with Crippen molar-refractivity contribution in [3.05, 3.63) is 36.8 Å². The van der Waals surface area contributed by atoms with E-state index in [9.17, 15) is 4.79 Å². The average Bonchev–Trinajstić information content (AvgIpc) is 2.08. The molecule has 0 saturated heterocycles. The van der Waals surface area contributed by atoms with Gasteiger partial charge in [-0.25, -0.2) is 4.79 Å². The Morgan fingerprint density at radius 3 is 2.54 bits per heavy atom. The molecule has 2 amide bonds. The normalized spacial score (nSPS) is 9.46. The van der Waals surface area contributed by atoms with Gasteiger partial charge in [0, 0.05) is 19.8 Å². The second kappa shape index (κ2) is 3.94. The van der Waals surface area contributed by atoms with Crippen LogP contribution in [0.3, 0.4) is 0 Å². The summed E-state index contributed by atoms with van der Waals surface area (Å²) >= 11 is 0. The lowest BCUT2D eigenvalue weighted by Crippen LogP contribution is -2.27. The molecule has 0 heterocycles. The topological polar surface area (TPSA) is 32.3 Å². The number of benzene rings is 1. The monoisotopic (exact) mass is 177 g/mol. The number of rotatable bonds is 1. The largest absolute Gasteiger partial charge is 0.331 e. The van der Waals surface area contributed by atoms with Crippen LogP contribution in [0.2, 0.25) is 0 Å². The maximum Gasteiger partial charge on any atom is 0.321 e. The van der Waals surface area contributed by atoms with Gasteiger partial charge in [0.25, 0.3) is 0 Å². The molecule has 1 rings (SSSR count). The first-order chi connectivity index (χ1) is 6.11. The SMILES string of the molecule is [CH2]c1ccccc1NC(=O)N(C)C. The Morgan fingerprint density at radius 1 is 1.38 bits per heavy atom. The Bertz CT molecular complexity index is 308. The fraction of sp³-hybridized carbons (Fsp3) is 0.200. The van der Waals surface area contributed by atoms with Gasteiger partial charge in [0.1, 0.15) is 0 Å². The predicted octanol–water partition coefficient (Wildman–Crippen LogP) is 1.96. The van der Waals surface area contributed by atoms with E-state index in [1.807, 2.05) is 24.3 Å². The van der Waals surface area contributed by atoms with Gasteiger partial charge in [-0.3, -0.25) is 0 Å². The van der Waals surface area contributed by atoms with Gasteiger partial charge in [0.2, 0.25) is 0 Å². The van der Waals surface area contributed by atoms with Gasteiger partial charge in [-0.1, -0.05) is 18.2 Å². The van der Waals surface area contributed by atoms with E-state index in [-0.39, 0.29) is 6.03 Å². The number of urea groups is 1. The maximum atomic E-state index is 11.3. The van der Waals surface area contributed by atoms with Crippen LogP contribution in [0.1, 0.15) is 5.56 Å². The van der Waals surface area contributed by atoms with Crippen LogP contribution < -0.4 is 5.32 Å². The Morgan fingerprint density at radius 2 is 2.00 bits per heavy atom. The molecule has 3 nitrogen and oxygen atoms in total. The van der Waals surface area contributed by atoms with Gasteiger partial charge in [-0.05, 0) is 18.6 Å². The Labute approximate surface area is 78.4 Å². The molecule has 0 fully saturated rings. The molecule has 1 radical (unpaired) electrons. The minimum absolute atomic E-state index is 0.142. The zero-order valence-electron chi connectivity index (χ0n) is 7.87. The lowest BCUT2D eigenvalue weighted by molar-refractivity contribution is 0.230. The van der Waals surface area contributed by atoms with Crippen molar-refractivity contribution in [2.45, 2.75) is 0 Å². The lowest BCUT2D eigenvalue weighted by Gasteiger charge is -2.13. The highest BCUT2D eigenvalue weighted by molar-refractivity contribution is 5.89. The summed E-state index contributed by atoms with van der Waals surface area (Å²) in [6, 6.07) is 7.28. The van der Waals surface area contributed by atoms with Crippen molar-refractivity contribution in [3.8, 4) is 0 Å². The summed E-state index contributed by atoms with van der Waals surface area (Å²) in [6.07, 6.45) is 0. The maximum absolute atomic E-state index is 11.3. The number of hydrogen-bond acceptors (Lipinski definition) is 1. The van der Waals surface area contributed by atoms with E-state index in [4.69, 9.17) is 0 Å². The minimum atomic E-state index is -0.142. The molecule has 0 aromatic heterocycles. The van der Waals surface area contributed by atoms with Crippen molar-refractivity contribution < 1.29 is 4.79 Å². The third-order valence-electron chi connectivity index (χ3n) is 1.67. The van der Waals surface area contributed by atoms with Crippen molar-refractivity contribution >= 4 is 11.7 Å². The predicted molar refractivity (Wildman–Crippen MR) is 53.6 cm³/mol. The summed E-state index contributed by atoms with van der Waals surface area (Å²) < 4.78 is 0. The zero-order valence-corrected chi connectivity index (χ0v) is 7.87. The van der Waals surface area contributed by atoms with E-state index >= 15 is 0 Å². The first kappa shape index (κ1) is 9.58. The van der Waals surface area contributed by atoms with Crippen LogP contribution in [-0.2, 0) is 0 Å². The molecular weight excluding hydrogens is 164 g/mol. The van der Waals surface area contributed by atoms with Gasteiger partial charge in [0.15, 0.2) is 0 Å². The third kappa shape index (κ3) is 2.47. The fourth-order valence-electron chi connectivity index (χ4n) is 0.869. The summed E-state index contributed by atoms with van der Waals surface area (Å²) in [7, 11) is 3.39. The van der Waals surface area contributed by atoms with Crippen molar-refractivity contribution in [2.24, 2.45) is 0 Å². The summed E-state index contributed by atoms with van der Waals surface area (Å²) in [6.45, 7) is 3.80. The molecule has 13 heavy (non-hydrogen) atoms. The van der Waals surface area contributed by atoms with E-state index < -0.39 is 0 Å². The number of para-hydroxylation sites is 1. The van der Waals surface area contributed by atoms with Crippen molar-refractivity contribution in [3.63, 3.8) is 0 Å². The minimum Gasteiger partial charge on any atom is -0.331 e. The quantitative estimate of drug-likeness (QED) is 0.698. The molecule has 1 aromatic rings. The highest BCUT2D eigenvalue weighted by atomic mass is 16.2. The Balaban J connectivity index is 2.75. The highest BCUT2D eigenvalue weighted by Crippen LogP contribution is 2.12. The molecule has 0 aliphatic carbocycles. The smallest absolute Gasteiger partial charge is 0.321 e. The van der Waals surface area contributed by atoms with E-state index in [0.717, 1.165) is 11.3 Å². The van der Waals surface area contributed by atoms with Gasteiger partial charge in [-0.2, -0.15) is 0 Å². The van der Waals surface area contributed by atoms with E-state index in [0.29, 0.717) is 0 Å². The zero-order chi connectivity index (χ0) is 9.84. The summed E-state index contributed by atoms with van der Waals surface area (Å²) in [4.78, 5) is 12.7. The average molecular weight is 177 g/mol. The molecule has 3 heteroatoms. The van der Waals surface area contributed by atoms with Crippen LogP contribution in [-0.4, -0.2) is 25.0 Å². The third-order valence-corrected chi connectivity index (χ3v) is 1.67. The molecular formula is C10H13N2O. The number of nitrogens with one attached hydrogen (secondary N) is 1. The Hall–Kier alpha value is -1.51. The molecule has 69 valence electrons. The molecule has 0 bridgehead atoms.